The number of rotatable bonds is 5. The molecular formula is C25H22F3N7O. The Morgan fingerprint density at radius 1 is 1.06 bits per heavy atom. The van der Waals surface area contributed by atoms with Crippen LogP contribution in [0.2, 0.25) is 0 Å². The van der Waals surface area contributed by atoms with E-state index in [2.05, 4.69) is 36.6 Å². The van der Waals surface area contributed by atoms with Crippen LogP contribution in [0.1, 0.15) is 11.3 Å². The van der Waals surface area contributed by atoms with E-state index in [1.165, 1.54) is 12.1 Å². The predicted molar refractivity (Wildman–Crippen MR) is 127 cm³/mol. The fourth-order valence-electron chi connectivity index (χ4n) is 4.52. The average molecular weight is 493 g/mol. The molecule has 3 aromatic heterocycles. The van der Waals surface area contributed by atoms with Crippen molar-refractivity contribution in [2.45, 2.75) is 13.1 Å². The lowest BCUT2D eigenvalue weighted by atomic mass is 9.78. The monoisotopic (exact) mass is 493 g/mol. The minimum Gasteiger partial charge on any atom is -0.380 e. The van der Waals surface area contributed by atoms with Crippen LogP contribution in [-0.2, 0) is 10.9 Å². The smallest absolute Gasteiger partial charge is 0.380 e. The summed E-state index contributed by atoms with van der Waals surface area (Å²) in [4.78, 5) is 10.3. The first-order valence-electron chi connectivity index (χ1n) is 11.4. The fourth-order valence-corrected chi connectivity index (χ4v) is 4.52. The highest BCUT2D eigenvalue weighted by Crippen LogP contribution is 2.40. The van der Waals surface area contributed by atoms with E-state index in [0.717, 1.165) is 54.9 Å². The first-order chi connectivity index (χ1) is 17.3. The van der Waals surface area contributed by atoms with E-state index in [0.29, 0.717) is 16.8 Å². The Hall–Kier alpha value is -3.99. The molecule has 1 N–H and O–H groups in total. The summed E-state index contributed by atoms with van der Waals surface area (Å²) in [6, 6.07) is 11.2. The van der Waals surface area contributed by atoms with E-state index in [1.54, 1.807) is 23.0 Å². The van der Waals surface area contributed by atoms with Crippen molar-refractivity contribution in [1.82, 2.24) is 25.0 Å². The maximum absolute atomic E-state index is 13.0. The van der Waals surface area contributed by atoms with Crippen LogP contribution in [0, 0.1) is 12.3 Å². The lowest BCUT2D eigenvalue weighted by Gasteiger charge is -2.55. The Bertz CT molecular complexity index is 1420. The maximum atomic E-state index is 13.0. The van der Waals surface area contributed by atoms with Gasteiger partial charge in [0.05, 0.1) is 42.4 Å². The zero-order chi connectivity index (χ0) is 24.9. The first kappa shape index (κ1) is 22.5. The molecule has 6 rings (SSSR count). The molecule has 0 radical (unpaired) electrons. The number of pyridine rings is 2. The van der Waals surface area contributed by atoms with Gasteiger partial charge in [-0.25, -0.2) is 9.67 Å². The van der Waals surface area contributed by atoms with Gasteiger partial charge in [-0.1, -0.05) is 17.3 Å². The van der Waals surface area contributed by atoms with E-state index in [4.69, 9.17) is 4.74 Å². The van der Waals surface area contributed by atoms with Gasteiger partial charge in [-0.3, -0.25) is 4.98 Å². The molecule has 4 aromatic rings. The molecule has 2 aliphatic heterocycles. The number of nitrogens with zero attached hydrogens (tertiary/aromatic N) is 6. The van der Waals surface area contributed by atoms with Gasteiger partial charge in [0.25, 0.3) is 0 Å². The van der Waals surface area contributed by atoms with Crippen LogP contribution >= 0.6 is 0 Å². The van der Waals surface area contributed by atoms with E-state index in [1.807, 2.05) is 25.4 Å². The van der Waals surface area contributed by atoms with Gasteiger partial charge < -0.3 is 15.0 Å². The van der Waals surface area contributed by atoms with Crippen LogP contribution in [0.5, 0.6) is 0 Å². The van der Waals surface area contributed by atoms with E-state index < -0.39 is 11.9 Å². The summed E-state index contributed by atoms with van der Waals surface area (Å²) in [5.41, 5.74) is 4.16. The number of anilines is 3. The minimum absolute atomic E-state index is 0.100. The number of nitrogens with one attached hydrogen (secondary N) is 1. The van der Waals surface area contributed by atoms with Gasteiger partial charge in [0, 0.05) is 30.5 Å². The molecular weight excluding hydrogens is 471 g/mol. The van der Waals surface area contributed by atoms with E-state index >= 15 is 0 Å². The Morgan fingerprint density at radius 2 is 1.89 bits per heavy atom. The molecule has 0 aliphatic carbocycles. The zero-order valence-corrected chi connectivity index (χ0v) is 19.3. The standard InChI is InChI=1S/C25H22F3N7O/c1-16-5-6-18(30-23-4-2-3-22(31-23)25(26,27)28)8-21(16)35-11-20(32-33-35)17-7-19(10-29-9-17)34-12-24(13-34)14-36-15-24/h2-11H,12-15H2,1H3,(H,30,31). The molecule has 11 heteroatoms. The summed E-state index contributed by atoms with van der Waals surface area (Å²) in [6.07, 6.45) is 0.903. The highest BCUT2D eigenvalue weighted by molar-refractivity contribution is 5.65. The lowest BCUT2D eigenvalue weighted by molar-refractivity contribution is -0.141. The van der Waals surface area contributed by atoms with Crippen molar-refractivity contribution in [2.75, 3.05) is 36.5 Å². The first-order valence-corrected chi connectivity index (χ1v) is 11.4. The van der Waals surface area contributed by atoms with Crippen LogP contribution < -0.4 is 10.2 Å². The topological polar surface area (TPSA) is 81.0 Å². The molecule has 36 heavy (non-hydrogen) atoms. The van der Waals surface area contributed by atoms with Crippen molar-refractivity contribution >= 4 is 17.2 Å². The van der Waals surface area contributed by atoms with Crippen LogP contribution in [0.4, 0.5) is 30.4 Å². The van der Waals surface area contributed by atoms with Crippen LogP contribution in [0.25, 0.3) is 16.9 Å². The lowest BCUT2D eigenvalue weighted by Crippen LogP contribution is -2.66. The van der Waals surface area contributed by atoms with Gasteiger partial charge in [0.15, 0.2) is 0 Å². The van der Waals surface area contributed by atoms with Gasteiger partial charge >= 0.3 is 6.18 Å². The van der Waals surface area contributed by atoms with Gasteiger partial charge in [-0.05, 0) is 42.8 Å². The van der Waals surface area contributed by atoms with E-state index in [9.17, 15) is 13.2 Å². The average Bonchev–Trinajstić information content (AvgIpc) is 3.29. The molecule has 0 bridgehead atoms. The van der Waals surface area contributed by atoms with Gasteiger partial charge in [0.2, 0.25) is 0 Å². The molecule has 1 aromatic carbocycles. The number of aromatic nitrogens is 5. The molecule has 2 aliphatic rings. The van der Waals surface area contributed by atoms with Gasteiger partial charge in [0.1, 0.15) is 17.2 Å². The largest absolute Gasteiger partial charge is 0.433 e. The third-order valence-electron chi connectivity index (χ3n) is 6.52. The third-order valence-corrected chi connectivity index (χ3v) is 6.52. The Morgan fingerprint density at radius 3 is 2.64 bits per heavy atom. The van der Waals surface area contributed by atoms with Gasteiger partial charge in [-0.15, -0.1) is 5.10 Å². The van der Waals surface area contributed by atoms with Crippen molar-refractivity contribution in [2.24, 2.45) is 5.41 Å². The fraction of sp³-hybridized carbons (Fsp3) is 0.280. The zero-order valence-electron chi connectivity index (χ0n) is 19.3. The SMILES string of the molecule is Cc1ccc(Nc2cccc(C(F)(F)F)n2)cc1-n1cc(-c2cncc(N3CC4(COC4)C3)c2)nn1. The quantitative estimate of drug-likeness (QED) is 0.434. The van der Waals surface area contributed by atoms with Crippen LogP contribution in [-0.4, -0.2) is 51.3 Å². The number of hydrogen-bond donors (Lipinski definition) is 1. The van der Waals surface area contributed by atoms with Crippen molar-refractivity contribution in [1.29, 1.82) is 0 Å². The molecule has 2 fully saturated rings. The maximum Gasteiger partial charge on any atom is 0.433 e. The summed E-state index contributed by atoms with van der Waals surface area (Å²) in [7, 11) is 0. The molecule has 5 heterocycles. The number of alkyl halides is 3. The number of benzene rings is 1. The molecule has 0 saturated carbocycles. The van der Waals surface area contributed by atoms with E-state index in [-0.39, 0.29) is 5.82 Å². The molecule has 0 atom stereocenters. The molecule has 1 spiro atoms. The second kappa shape index (κ2) is 8.30. The molecule has 0 unspecified atom stereocenters. The van der Waals surface area contributed by atoms with Crippen LogP contribution in [0.3, 0.4) is 0 Å². The summed E-state index contributed by atoms with van der Waals surface area (Å²) < 4.78 is 46.0. The van der Waals surface area contributed by atoms with Gasteiger partial charge in [-0.2, -0.15) is 13.2 Å². The number of ether oxygens (including phenoxy) is 1. The Balaban J connectivity index is 1.23. The minimum atomic E-state index is -4.51. The second-order valence-electron chi connectivity index (χ2n) is 9.36. The number of hydrogen-bond acceptors (Lipinski definition) is 7. The molecule has 8 nitrogen and oxygen atoms in total. The molecule has 184 valence electrons. The highest BCUT2D eigenvalue weighted by Gasteiger charge is 2.49. The third kappa shape index (κ3) is 4.15. The van der Waals surface area contributed by atoms with Crippen molar-refractivity contribution in [3.05, 3.63) is 72.3 Å². The highest BCUT2D eigenvalue weighted by atomic mass is 19.4. The summed E-state index contributed by atoms with van der Waals surface area (Å²) in [5.74, 6) is 0.100. The Labute approximate surface area is 204 Å². The summed E-state index contributed by atoms with van der Waals surface area (Å²) in [6.45, 7) is 5.49. The van der Waals surface area contributed by atoms with Crippen molar-refractivity contribution in [3.63, 3.8) is 0 Å². The number of halogens is 3. The molecule has 2 saturated heterocycles. The number of aryl methyl sites for hydroxylation is 1. The van der Waals surface area contributed by atoms with Crippen molar-refractivity contribution in [3.8, 4) is 16.9 Å². The van der Waals surface area contributed by atoms with Crippen molar-refractivity contribution < 1.29 is 17.9 Å². The van der Waals surface area contributed by atoms with Crippen LogP contribution in [0.15, 0.2) is 61.1 Å². The second-order valence-corrected chi connectivity index (χ2v) is 9.36. The summed E-state index contributed by atoms with van der Waals surface area (Å²) >= 11 is 0. The predicted octanol–water partition coefficient (Wildman–Crippen LogP) is 4.63. The summed E-state index contributed by atoms with van der Waals surface area (Å²) in [5, 5.41) is 11.6. The molecule has 0 amide bonds. The Kier molecular flexibility index (Phi) is 5.18. The normalized spacial score (nSPS) is 16.5.